The Labute approximate surface area is 214 Å². The number of para-hydroxylation sites is 1. The molecular weight excluding hydrogens is 476 g/mol. The molecule has 2 heterocycles. The number of carbonyl (C=O) groups excluding carboxylic acids is 2. The second kappa shape index (κ2) is 10.8. The van der Waals surface area contributed by atoms with Crippen LogP contribution in [-0.2, 0) is 33.8 Å². The number of nitrogens with one attached hydrogen (secondary N) is 2. The van der Waals surface area contributed by atoms with Crippen molar-refractivity contribution in [2.45, 2.75) is 52.2 Å². The Bertz CT molecular complexity index is 1400. The number of aromatic hydroxyl groups is 1. The van der Waals surface area contributed by atoms with Gasteiger partial charge in [0.1, 0.15) is 29.7 Å². The van der Waals surface area contributed by atoms with Crippen LogP contribution in [0.5, 0.6) is 11.5 Å². The fraction of sp³-hybridized carbons (Fsp3) is 0.321. The number of rotatable bonds is 10. The number of phenolic OH excluding ortho intramolecular Hbond substituents is 1. The zero-order chi connectivity index (χ0) is 26.7. The number of H-pyrrole nitrogens is 1. The molecular formula is C28H30N2O7. The van der Waals surface area contributed by atoms with Crippen molar-refractivity contribution >= 4 is 28.7 Å². The molecule has 0 bridgehead atoms. The van der Waals surface area contributed by atoms with Crippen LogP contribution in [0.3, 0.4) is 0 Å². The largest absolute Gasteiger partial charge is 0.507 e. The number of hydrogen-bond acceptors (Lipinski definition) is 6. The van der Waals surface area contributed by atoms with Gasteiger partial charge in [-0.3, -0.25) is 4.79 Å². The Morgan fingerprint density at radius 2 is 2.03 bits per heavy atom. The number of aromatic amines is 1. The molecule has 0 unspecified atom stereocenters. The van der Waals surface area contributed by atoms with Crippen LogP contribution in [0.25, 0.3) is 10.9 Å². The topological polar surface area (TPSA) is 138 Å². The van der Waals surface area contributed by atoms with Gasteiger partial charge in [-0.2, -0.15) is 0 Å². The third-order valence-electron chi connectivity index (χ3n) is 6.78. The van der Waals surface area contributed by atoms with Crippen LogP contribution in [0.1, 0.15) is 52.4 Å². The molecule has 37 heavy (non-hydrogen) atoms. The van der Waals surface area contributed by atoms with Crippen LogP contribution < -0.4 is 10.1 Å². The molecule has 0 fully saturated rings. The minimum atomic E-state index is -1.10. The summed E-state index contributed by atoms with van der Waals surface area (Å²) < 4.78 is 10.6. The number of ether oxygens (including phenoxy) is 2. The average Bonchev–Trinajstić information content (AvgIpc) is 3.47. The maximum absolute atomic E-state index is 12.6. The summed E-state index contributed by atoms with van der Waals surface area (Å²) in [6.45, 7) is 3.77. The number of benzene rings is 2. The number of carboxylic acid groups (broad SMARTS) is 1. The van der Waals surface area contributed by atoms with E-state index in [1.54, 1.807) is 6.20 Å². The van der Waals surface area contributed by atoms with E-state index in [1.165, 1.54) is 7.11 Å². The molecule has 1 atom stereocenters. The number of hydrogen-bond donors (Lipinski definition) is 4. The number of fused-ring (bicyclic) bond motifs is 2. The molecule has 194 valence electrons. The van der Waals surface area contributed by atoms with E-state index < -0.39 is 18.0 Å². The summed E-state index contributed by atoms with van der Waals surface area (Å²) in [5.41, 5.74) is 4.63. The highest BCUT2D eigenvalue weighted by Crippen LogP contribution is 2.42. The number of amides is 1. The number of carbonyl (C=O) groups is 3. The fourth-order valence-electron chi connectivity index (χ4n) is 4.70. The maximum Gasteiger partial charge on any atom is 0.342 e. The Morgan fingerprint density at radius 1 is 1.27 bits per heavy atom. The number of aromatic nitrogens is 1. The van der Waals surface area contributed by atoms with Crippen molar-refractivity contribution in [1.29, 1.82) is 0 Å². The van der Waals surface area contributed by atoms with Crippen LogP contribution in [0.2, 0.25) is 0 Å². The van der Waals surface area contributed by atoms with Gasteiger partial charge >= 0.3 is 11.9 Å². The Kier molecular flexibility index (Phi) is 7.52. The second-order valence-electron chi connectivity index (χ2n) is 9.19. The summed E-state index contributed by atoms with van der Waals surface area (Å²) in [6.07, 6.45) is 4.60. The number of carboxylic acids is 1. The number of esters is 1. The maximum atomic E-state index is 12.6. The molecule has 9 nitrogen and oxygen atoms in total. The van der Waals surface area contributed by atoms with E-state index in [1.807, 2.05) is 44.2 Å². The minimum absolute atomic E-state index is 0.103. The van der Waals surface area contributed by atoms with E-state index in [0.29, 0.717) is 29.7 Å². The summed E-state index contributed by atoms with van der Waals surface area (Å²) >= 11 is 0. The fourth-order valence-corrected chi connectivity index (χ4v) is 4.70. The Balaban J connectivity index is 1.39. The van der Waals surface area contributed by atoms with Gasteiger partial charge < -0.3 is 30.0 Å². The molecule has 2 aromatic carbocycles. The quantitative estimate of drug-likeness (QED) is 0.241. The van der Waals surface area contributed by atoms with E-state index in [-0.39, 0.29) is 36.7 Å². The predicted molar refractivity (Wildman–Crippen MR) is 137 cm³/mol. The molecule has 0 saturated heterocycles. The summed E-state index contributed by atoms with van der Waals surface area (Å²) in [7, 11) is 1.51. The van der Waals surface area contributed by atoms with Crippen molar-refractivity contribution in [3.63, 3.8) is 0 Å². The zero-order valence-corrected chi connectivity index (χ0v) is 21.0. The summed E-state index contributed by atoms with van der Waals surface area (Å²) in [5.74, 6) is -1.67. The highest BCUT2D eigenvalue weighted by molar-refractivity contribution is 5.98. The minimum Gasteiger partial charge on any atom is -0.507 e. The third kappa shape index (κ3) is 5.30. The number of allylic oxidation sites excluding steroid dienone is 2. The van der Waals surface area contributed by atoms with Crippen LogP contribution in [0.15, 0.2) is 42.1 Å². The van der Waals surface area contributed by atoms with Gasteiger partial charge in [0, 0.05) is 41.1 Å². The lowest BCUT2D eigenvalue weighted by Crippen LogP contribution is -2.42. The number of cyclic esters (lactones) is 1. The van der Waals surface area contributed by atoms with Gasteiger partial charge in [-0.05, 0) is 43.9 Å². The van der Waals surface area contributed by atoms with Crippen molar-refractivity contribution in [1.82, 2.24) is 10.3 Å². The third-order valence-corrected chi connectivity index (χ3v) is 6.78. The smallest absolute Gasteiger partial charge is 0.342 e. The lowest BCUT2D eigenvalue weighted by atomic mass is 9.94. The highest BCUT2D eigenvalue weighted by Gasteiger charge is 2.32. The number of aliphatic carboxylic acids is 1. The van der Waals surface area contributed by atoms with Crippen LogP contribution in [0.4, 0.5) is 0 Å². The van der Waals surface area contributed by atoms with Crippen molar-refractivity contribution in [2.24, 2.45) is 0 Å². The predicted octanol–water partition coefficient (Wildman–Crippen LogP) is 3.94. The van der Waals surface area contributed by atoms with E-state index in [0.717, 1.165) is 27.6 Å². The second-order valence-corrected chi connectivity index (χ2v) is 9.19. The SMILES string of the molecule is COc1c(C)c2c(c(O)c1C/C=C(\C)CCC(=O)N[C@H](Cc1c[nH]c3ccccc13)C(=O)O)C(=O)OC2. The highest BCUT2D eigenvalue weighted by atomic mass is 16.5. The van der Waals surface area contributed by atoms with Gasteiger partial charge in [0.25, 0.3) is 0 Å². The molecule has 4 rings (SSSR count). The molecule has 1 aromatic heterocycles. The Hall–Kier alpha value is -4.27. The van der Waals surface area contributed by atoms with Crippen LogP contribution in [-0.4, -0.2) is 46.2 Å². The van der Waals surface area contributed by atoms with Crippen molar-refractivity contribution < 1.29 is 34.1 Å². The first-order chi connectivity index (χ1) is 17.7. The summed E-state index contributed by atoms with van der Waals surface area (Å²) in [6, 6.07) is 6.55. The summed E-state index contributed by atoms with van der Waals surface area (Å²) in [5, 5.41) is 23.9. The molecule has 0 spiro atoms. The molecule has 4 N–H and O–H groups in total. The zero-order valence-electron chi connectivity index (χ0n) is 21.0. The van der Waals surface area contributed by atoms with Crippen molar-refractivity contribution in [2.75, 3.05) is 7.11 Å². The van der Waals surface area contributed by atoms with Gasteiger partial charge in [0.05, 0.1) is 7.11 Å². The van der Waals surface area contributed by atoms with Crippen LogP contribution in [0, 0.1) is 6.92 Å². The molecule has 0 aliphatic carbocycles. The standard InChI is InChI=1S/C28H30N2O7/c1-15(8-10-19-25(32)24-20(14-37-28(24)35)16(2)26(19)36-3)9-11-23(31)30-22(27(33)34)12-17-13-29-21-7-5-4-6-18(17)21/h4-8,13,22,29,32H,9-12,14H2,1-3H3,(H,30,31)(H,33,34)/b15-8+/t22-/m1/s1. The monoisotopic (exact) mass is 506 g/mol. The first kappa shape index (κ1) is 25.8. The first-order valence-electron chi connectivity index (χ1n) is 12.0. The molecule has 0 saturated carbocycles. The molecule has 0 radical (unpaired) electrons. The van der Waals surface area contributed by atoms with E-state index >= 15 is 0 Å². The van der Waals surface area contributed by atoms with Gasteiger partial charge in [0.2, 0.25) is 5.91 Å². The van der Waals surface area contributed by atoms with Gasteiger partial charge in [-0.15, -0.1) is 0 Å². The van der Waals surface area contributed by atoms with Crippen molar-refractivity contribution in [3.8, 4) is 11.5 Å². The van der Waals surface area contributed by atoms with Gasteiger partial charge in [0.15, 0.2) is 0 Å². The summed E-state index contributed by atoms with van der Waals surface area (Å²) in [4.78, 5) is 39.6. The van der Waals surface area contributed by atoms with E-state index in [4.69, 9.17) is 9.47 Å². The molecule has 1 aliphatic rings. The first-order valence-corrected chi connectivity index (χ1v) is 12.0. The molecule has 1 aliphatic heterocycles. The normalized spacial score (nSPS) is 13.8. The van der Waals surface area contributed by atoms with Gasteiger partial charge in [-0.25, -0.2) is 9.59 Å². The lowest BCUT2D eigenvalue weighted by Gasteiger charge is -2.16. The molecule has 3 aromatic rings. The lowest BCUT2D eigenvalue weighted by molar-refractivity contribution is -0.141. The number of methoxy groups -OCH3 is 1. The van der Waals surface area contributed by atoms with E-state index in [9.17, 15) is 24.6 Å². The molecule has 9 heteroatoms. The van der Waals surface area contributed by atoms with E-state index in [2.05, 4.69) is 10.3 Å². The molecule has 1 amide bonds. The average molecular weight is 507 g/mol. The van der Waals surface area contributed by atoms with Crippen molar-refractivity contribution in [3.05, 3.63) is 69.9 Å². The van der Waals surface area contributed by atoms with Gasteiger partial charge in [-0.1, -0.05) is 29.8 Å². The van der Waals surface area contributed by atoms with Crippen LogP contribution >= 0.6 is 0 Å². The number of phenols is 1. The Morgan fingerprint density at radius 3 is 2.76 bits per heavy atom.